The number of rotatable bonds is 11. The molecule has 0 heterocycles. The molecular weight excluding hydrogens is 386 g/mol. The highest BCUT2D eigenvalue weighted by atomic mass is 79.9. The average molecular weight is 414 g/mol. The van der Waals surface area contributed by atoms with Gasteiger partial charge in [-0.1, -0.05) is 59.1 Å². The van der Waals surface area contributed by atoms with Crippen molar-refractivity contribution in [1.82, 2.24) is 4.90 Å². The van der Waals surface area contributed by atoms with Gasteiger partial charge in [-0.05, 0) is 62.7 Å². The van der Waals surface area contributed by atoms with E-state index in [1.807, 2.05) is 42.5 Å². The third-order valence-electron chi connectivity index (χ3n) is 4.52. The minimum absolute atomic E-state index is 0.0766. The Morgan fingerprint density at radius 1 is 0.962 bits per heavy atom. The van der Waals surface area contributed by atoms with E-state index in [2.05, 4.69) is 46.6 Å². The molecule has 2 aromatic rings. The smallest absolute Gasteiger partial charge is 0.193 e. The molecule has 0 saturated carbocycles. The maximum atomic E-state index is 12.5. The molecule has 0 atom stereocenters. The molecular formula is C23H28BrNO. The van der Waals surface area contributed by atoms with E-state index in [-0.39, 0.29) is 5.78 Å². The van der Waals surface area contributed by atoms with Gasteiger partial charge in [-0.25, -0.2) is 0 Å². The fourth-order valence-corrected chi connectivity index (χ4v) is 3.23. The van der Waals surface area contributed by atoms with Crippen LogP contribution in [0.2, 0.25) is 0 Å². The fourth-order valence-electron chi connectivity index (χ4n) is 2.97. The van der Waals surface area contributed by atoms with Crippen molar-refractivity contribution in [3.8, 4) is 0 Å². The molecule has 0 aromatic heterocycles. The van der Waals surface area contributed by atoms with Crippen LogP contribution in [0.1, 0.15) is 47.2 Å². The standard InChI is InChI=1S/C23H28BrNO/c1-3-17-25(2)18-7-5-4-6-8-19-9-11-20(12-10-19)23(26)21-13-15-22(24)16-14-21/h3,9-16H,1,4-8,17-18H2,2H3. The zero-order valence-corrected chi connectivity index (χ0v) is 17.2. The average Bonchev–Trinajstić information content (AvgIpc) is 2.65. The Balaban J connectivity index is 1.73. The van der Waals surface area contributed by atoms with E-state index in [1.165, 1.54) is 31.2 Å². The van der Waals surface area contributed by atoms with Gasteiger partial charge in [-0.15, -0.1) is 6.58 Å². The van der Waals surface area contributed by atoms with Gasteiger partial charge >= 0.3 is 0 Å². The van der Waals surface area contributed by atoms with Crippen molar-refractivity contribution in [1.29, 1.82) is 0 Å². The van der Waals surface area contributed by atoms with E-state index >= 15 is 0 Å². The molecule has 0 aliphatic heterocycles. The molecule has 26 heavy (non-hydrogen) atoms. The van der Waals surface area contributed by atoms with Gasteiger partial charge in [0.15, 0.2) is 5.78 Å². The summed E-state index contributed by atoms with van der Waals surface area (Å²) in [6.45, 7) is 5.87. The summed E-state index contributed by atoms with van der Waals surface area (Å²) in [5.74, 6) is 0.0766. The molecule has 2 rings (SSSR count). The molecule has 0 spiro atoms. The van der Waals surface area contributed by atoms with Crippen molar-refractivity contribution >= 4 is 21.7 Å². The van der Waals surface area contributed by atoms with E-state index in [0.717, 1.165) is 35.1 Å². The van der Waals surface area contributed by atoms with Gasteiger partial charge in [0.05, 0.1) is 0 Å². The number of halogens is 1. The maximum Gasteiger partial charge on any atom is 0.193 e. The lowest BCUT2D eigenvalue weighted by Crippen LogP contribution is -2.19. The van der Waals surface area contributed by atoms with E-state index in [1.54, 1.807) is 0 Å². The quantitative estimate of drug-likeness (QED) is 0.259. The van der Waals surface area contributed by atoms with Crippen molar-refractivity contribution in [2.24, 2.45) is 0 Å². The van der Waals surface area contributed by atoms with E-state index in [9.17, 15) is 4.79 Å². The summed E-state index contributed by atoms with van der Waals surface area (Å²) in [7, 11) is 2.14. The SMILES string of the molecule is C=CCN(C)CCCCCCc1ccc(C(=O)c2ccc(Br)cc2)cc1. The minimum atomic E-state index is 0.0766. The van der Waals surface area contributed by atoms with E-state index < -0.39 is 0 Å². The molecule has 2 nitrogen and oxygen atoms in total. The van der Waals surface area contributed by atoms with Crippen molar-refractivity contribution in [3.05, 3.63) is 82.3 Å². The predicted octanol–water partition coefficient (Wildman–Crippen LogP) is 5.90. The topological polar surface area (TPSA) is 20.3 Å². The molecule has 0 saturated heterocycles. The molecule has 0 N–H and O–H groups in total. The monoisotopic (exact) mass is 413 g/mol. The van der Waals surface area contributed by atoms with Gasteiger partial charge in [0.1, 0.15) is 0 Å². The number of aryl methyl sites for hydroxylation is 1. The summed E-state index contributed by atoms with van der Waals surface area (Å²) in [6.07, 6.45) is 7.99. The molecule has 3 heteroatoms. The Labute approximate surface area is 166 Å². The molecule has 0 aliphatic rings. The minimum Gasteiger partial charge on any atom is -0.303 e. The van der Waals surface area contributed by atoms with Crippen LogP contribution < -0.4 is 0 Å². The van der Waals surface area contributed by atoms with Gasteiger partial charge in [0.2, 0.25) is 0 Å². The number of hydrogen-bond acceptors (Lipinski definition) is 2. The van der Waals surface area contributed by atoms with Crippen LogP contribution in [-0.2, 0) is 6.42 Å². The van der Waals surface area contributed by atoms with Crippen molar-refractivity contribution in [2.45, 2.75) is 32.1 Å². The molecule has 2 aromatic carbocycles. The Kier molecular flexibility index (Phi) is 8.79. The van der Waals surface area contributed by atoms with Crippen molar-refractivity contribution in [2.75, 3.05) is 20.1 Å². The lowest BCUT2D eigenvalue weighted by atomic mass is 10.00. The number of likely N-dealkylation sites (N-methyl/N-ethyl adjacent to an activating group) is 1. The van der Waals surface area contributed by atoms with Crippen LogP contribution in [0.25, 0.3) is 0 Å². The number of unbranched alkanes of at least 4 members (excludes halogenated alkanes) is 3. The summed E-state index contributed by atoms with van der Waals surface area (Å²) in [4.78, 5) is 14.8. The molecule has 0 bridgehead atoms. The summed E-state index contributed by atoms with van der Waals surface area (Å²) < 4.78 is 0.983. The van der Waals surface area contributed by atoms with Crippen LogP contribution in [0.3, 0.4) is 0 Å². The normalized spacial score (nSPS) is 10.9. The highest BCUT2D eigenvalue weighted by Gasteiger charge is 2.08. The van der Waals surface area contributed by atoms with E-state index in [0.29, 0.717) is 0 Å². The number of hydrogen-bond donors (Lipinski definition) is 0. The maximum absolute atomic E-state index is 12.5. The van der Waals surface area contributed by atoms with Gasteiger partial charge in [0, 0.05) is 22.1 Å². The summed E-state index contributed by atoms with van der Waals surface area (Å²) in [6, 6.07) is 15.6. The zero-order chi connectivity index (χ0) is 18.8. The fraction of sp³-hybridized carbons (Fsp3) is 0.348. The summed E-state index contributed by atoms with van der Waals surface area (Å²) in [5, 5.41) is 0. The number of carbonyl (C=O) groups is 1. The molecule has 0 unspecified atom stereocenters. The Hall–Kier alpha value is -1.71. The van der Waals surface area contributed by atoms with E-state index in [4.69, 9.17) is 0 Å². The molecule has 138 valence electrons. The molecule has 0 radical (unpaired) electrons. The second-order valence-corrected chi connectivity index (χ2v) is 7.66. The zero-order valence-electron chi connectivity index (χ0n) is 15.6. The first kappa shape index (κ1) is 20.6. The number of carbonyl (C=O) groups excluding carboxylic acids is 1. The van der Waals surface area contributed by atoms with Crippen molar-refractivity contribution in [3.63, 3.8) is 0 Å². The number of nitrogens with zero attached hydrogens (tertiary/aromatic N) is 1. The van der Waals surface area contributed by atoms with Gasteiger partial charge in [-0.3, -0.25) is 4.79 Å². The first-order valence-electron chi connectivity index (χ1n) is 9.29. The first-order chi connectivity index (χ1) is 12.6. The van der Waals surface area contributed by atoms with Gasteiger partial charge in [0.25, 0.3) is 0 Å². The third kappa shape index (κ3) is 6.89. The first-order valence-corrected chi connectivity index (χ1v) is 10.1. The number of benzene rings is 2. The van der Waals surface area contributed by atoms with Crippen LogP contribution in [0, 0.1) is 0 Å². The number of ketones is 1. The van der Waals surface area contributed by atoms with Gasteiger partial charge in [-0.2, -0.15) is 0 Å². The Morgan fingerprint density at radius 2 is 1.54 bits per heavy atom. The largest absolute Gasteiger partial charge is 0.303 e. The second kappa shape index (κ2) is 11.1. The molecule has 0 amide bonds. The molecule has 0 fully saturated rings. The lowest BCUT2D eigenvalue weighted by molar-refractivity contribution is 0.103. The van der Waals surface area contributed by atoms with Gasteiger partial charge < -0.3 is 4.90 Å². The lowest BCUT2D eigenvalue weighted by Gasteiger charge is -2.13. The highest BCUT2D eigenvalue weighted by Crippen LogP contribution is 2.16. The Bertz CT molecular complexity index is 691. The molecule has 0 aliphatic carbocycles. The third-order valence-corrected chi connectivity index (χ3v) is 5.05. The second-order valence-electron chi connectivity index (χ2n) is 6.75. The predicted molar refractivity (Wildman–Crippen MR) is 114 cm³/mol. The van der Waals surface area contributed by atoms with Crippen LogP contribution in [0.15, 0.2) is 65.7 Å². The Morgan fingerprint density at radius 3 is 2.15 bits per heavy atom. The van der Waals surface area contributed by atoms with Crippen LogP contribution in [-0.4, -0.2) is 30.8 Å². The van der Waals surface area contributed by atoms with Crippen LogP contribution in [0.5, 0.6) is 0 Å². The summed E-state index contributed by atoms with van der Waals surface area (Å²) in [5.41, 5.74) is 2.78. The summed E-state index contributed by atoms with van der Waals surface area (Å²) >= 11 is 3.40. The highest BCUT2D eigenvalue weighted by molar-refractivity contribution is 9.10. The van der Waals surface area contributed by atoms with Crippen LogP contribution >= 0.6 is 15.9 Å². The van der Waals surface area contributed by atoms with Crippen molar-refractivity contribution < 1.29 is 4.79 Å². The van der Waals surface area contributed by atoms with Crippen LogP contribution in [0.4, 0.5) is 0 Å².